The average Bonchev–Trinajstić information content (AvgIpc) is 2.40. The van der Waals surface area contributed by atoms with E-state index in [-0.39, 0.29) is 5.41 Å². The summed E-state index contributed by atoms with van der Waals surface area (Å²) in [5.74, 6) is 0.471. The average molecular weight is 244 g/mol. The summed E-state index contributed by atoms with van der Waals surface area (Å²) in [6.45, 7) is 4.28. The van der Waals surface area contributed by atoms with Crippen LogP contribution in [0.3, 0.4) is 0 Å². The molecule has 0 spiro atoms. The normalized spacial score (nSPS) is 11.3. The zero-order chi connectivity index (χ0) is 13.0. The minimum Gasteiger partial charge on any atom is -0.308 e. The van der Waals surface area contributed by atoms with Crippen LogP contribution in [0.1, 0.15) is 25.0 Å². The zero-order valence-corrected chi connectivity index (χ0v) is 10.5. The highest BCUT2D eigenvalue weighted by atomic mass is 17.5. The largest absolute Gasteiger partial charge is 0.308 e. The van der Waals surface area contributed by atoms with Crippen molar-refractivity contribution in [1.29, 1.82) is 0 Å². The van der Waals surface area contributed by atoms with Gasteiger partial charge in [0.15, 0.2) is 5.75 Å². The van der Waals surface area contributed by atoms with Gasteiger partial charge in [-0.05, 0) is 28.3 Å². The molecule has 2 aromatic carbocycles. The molecule has 0 aliphatic rings. The molecule has 3 heteroatoms. The summed E-state index contributed by atoms with van der Waals surface area (Å²) in [7, 11) is 0. The Morgan fingerprint density at radius 1 is 0.889 bits per heavy atom. The smallest absolute Gasteiger partial charge is 0.168 e. The van der Waals surface area contributed by atoms with E-state index in [1.54, 1.807) is 6.07 Å². The monoisotopic (exact) mass is 244 g/mol. The van der Waals surface area contributed by atoms with Gasteiger partial charge in [0.25, 0.3) is 0 Å². The van der Waals surface area contributed by atoms with E-state index in [9.17, 15) is 0 Å². The van der Waals surface area contributed by atoms with Gasteiger partial charge in [0.05, 0.1) is 0 Å². The molecule has 1 N–H and O–H groups in total. The van der Waals surface area contributed by atoms with E-state index in [2.05, 4.69) is 35.9 Å². The Morgan fingerprint density at radius 2 is 1.56 bits per heavy atom. The van der Waals surface area contributed by atoms with Crippen LogP contribution in [-0.2, 0) is 10.5 Å². The molecule has 2 aromatic rings. The van der Waals surface area contributed by atoms with Crippen molar-refractivity contribution in [3.8, 4) is 5.75 Å². The summed E-state index contributed by atoms with van der Waals surface area (Å²) in [5.41, 5.74) is 2.16. The van der Waals surface area contributed by atoms with Gasteiger partial charge in [-0.3, -0.25) is 0 Å². The number of hydrogen-bond donors (Lipinski definition) is 1. The SMILES string of the molecule is CC(C)(c1ccccc1)c1cccc(OOO)c1. The second-order valence-electron chi connectivity index (χ2n) is 4.68. The molecular formula is C15H16O3. The van der Waals surface area contributed by atoms with E-state index in [0.29, 0.717) is 5.75 Å². The maximum Gasteiger partial charge on any atom is 0.168 e. The maximum atomic E-state index is 8.31. The predicted octanol–water partition coefficient (Wildman–Crippen LogP) is 3.80. The van der Waals surface area contributed by atoms with Crippen LogP contribution < -0.4 is 4.89 Å². The third-order valence-electron chi connectivity index (χ3n) is 3.18. The topological polar surface area (TPSA) is 38.7 Å². The van der Waals surface area contributed by atoms with Crippen molar-refractivity contribution >= 4 is 0 Å². The summed E-state index contributed by atoms with van der Waals surface area (Å²) in [5, 5.41) is 12.0. The molecule has 0 fully saturated rings. The molecule has 0 atom stereocenters. The minimum absolute atomic E-state index is 0.143. The van der Waals surface area contributed by atoms with Gasteiger partial charge in [0.2, 0.25) is 0 Å². The molecule has 2 rings (SSSR count). The summed E-state index contributed by atoms with van der Waals surface area (Å²) in [6.07, 6.45) is 0. The second kappa shape index (κ2) is 5.21. The first-order valence-electron chi connectivity index (χ1n) is 5.79. The summed E-state index contributed by atoms with van der Waals surface area (Å²) >= 11 is 0. The van der Waals surface area contributed by atoms with Gasteiger partial charge in [-0.2, -0.15) is 0 Å². The molecule has 0 amide bonds. The van der Waals surface area contributed by atoms with Crippen LogP contribution in [0.2, 0.25) is 0 Å². The Bertz CT molecular complexity index is 506. The summed E-state index contributed by atoms with van der Waals surface area (Å²) in [4.78, 5) is 4.63. The lowest BCUT2D eigenvalue weighted by molar-refractivity contribution is -0.438. The number of hydrogen-bond acceptors (Lipinski definition) is 3. The van der Waals surface area contributed by atoms with Gasteiger partial charge in [-0.15, -0.1) is 0 Å². The van der Waals surface area contributed by atoms with Crippen LogP contribution in [0.4, 0.5) is 0 Å². The molecule has 18 heavy (non-hydrogen) atoms. The van der Waals surface area contributed by atoms with Gasteiger partial charge in [0.1, 0.15) is 0 Å². The van der Waals surface area contributed by atoms with Crippen molar-refractivity contribution in [2.24, 2.45) is 0 Å². The van der Waals surface area contributed by atoms with Crippen LogP contribution >= 0.6 is 0 Å². The Hall–Kier alpha value is -1.84. The van der Waals surface area contributed by atoms with Gasteiger partial charge in [-0.25, -0.2) is 5.26 Å². The van der Waals surface area contributed by atoms with Gasteiger partial charge >= 0.3 is 0 Å². The van der Waals surface area contributed by atoms with Gasteiger partial charge < -0.3 is 4.89 Å². The van der Waals surface area contributed by atoms with Crippen LogP contribution in [0.5, 0.6) is 5.75 Å². The van der Waals surface area contributed by atoms with Crippen LogP contribution in [0.25, 0.3) is 0 Å². The van der Waals surface area contributed by atoms with E-state index in [1.165, 1.54) is 5.56 Å². The van der Waals surface area contributed by atoms with Crippen molar-refractivity contribution in [1.82, 2.24) is 0 Å². The maximum absolute atomic E-state index is 8.31. The molecule has 0 bridgehead atoms. The van der Waals surface area contributed by atoms with E-state index in [4.69, 9.17) is 5.26 Å². The molecule has 0 heterocycles. The lowest BCUT2D eigenvalue weighted by Gasteiger charge is -2.26. The fraction of sp³-hybridized carbons (Fsp3) is 0.200. The molecule has 0 saturated carbocycles. The molecule has 0 saturated heterocycles. The molecule has 0 aromatic heterocycles. The highest BCUT2D eigenvalue weighted by Crippen LogP contribution is 2.32. The van der Waals surface area contributed by atoms with Gasteiger partial charge in [0, 0.05) is 5.41 Å². The fourth-order valence-corrected chi connectivity index (χ4v) is 2.00. The third-order valence-corrected chi connectivity index (χ3v) is 3.18. The van der Waals surface area contributed by atoms with E-state index in [0.717, 1.165) is 5.56 Å². The molecule has 94 valence electrons. The standard InChI is InChI=1S/C15H16O3/c1-15(2,12-7-4-3-5-8-12)13-9-6-10-14(11-13)17-18-16/h3-11,16H,1-2H3. The van der Waals surface area contributed by atoms with E-state index >= 15 is 0 Å². The highest BCUT2D eigenvalue weighted by Gasteiger charge is 2.23. The first kappa shape index (κ1) is 12.6. The third kappa shape index (κ3) is 2.53. The molecule has 3 nitrogen and oxygen atoms in total. The fourth-order valence-electron chi connectivity index (χ4n) is 2.00. The van der Waals surface area contributed by atoms with Gasteiger partial charge in [-0.1, -0.05) is 56.3 Å². The zero-order valence-electron chi connectivity index (χ0n) is 10.5. The van der Waals surface area contributed by atoms with Crippen molar-refractivity contribution in [2.75, 3.05) is 0 Å². The first-order valence-corrected chi connectivity index (χ1v) is 5.79. The molecular weight excluding hydrogens is 228 g/mol. The second-order valence-corrected chi connectivity index (χ2v) is 4.68. The highest BCUT2D eigenvalue weighted by molar-refractivity contribution is 5.40. The Balaban J connectivity index is 2.38. The summed E-state index contributed by atoms with van der Waals surface area (Å²) in [6, 6.07) is 17.7. The predicted molar refractivity (Wildman–Crippen MR) is 69.4 cm³/mol. The van der Waals surface area contributed by atoms with Crippen molar-refractivity contribution in [3.63, 3.8) is 0 Å². The Labute approximate surface area is 106 Å². The van der Waals surface area contributed by atoms with E-state index in [1.807, 2.05) is 36.4 Å². The van der Waals surface area contributed by atoms with Crippen molar-refractivity contribution in [2.45, 2.75) is 19.3 Å². The van der Waals surface area contributed by atoms with Crippen LogP contribution in [-0.4, -0.2) is 5.26 Å². The van der Waals surface area contributed by atoms with Crippen LogP contribution in [0.15, 0.2) is 54.6 Å². The molecule has 0 aliphatic carbocycles. The Kier molecular flexibility index (Phi) is 3.65. The van der Waals surface area contributed by atoms with Crippen molar-refractivity contribution < 1.29 is 15.2 Å². The molecule has 0 radical (unpaired) electrons. The van der Waals surface area contributed by atoms with E-state index < -0.39 is 0 Å². The molecule has 0 aliphatic heterocycles. The lowest BCUT2D eigenvalue weighted by Crippen LogP contribution is -2.18. The van der Waals surface area contributed by atoms with Crippen LogP contribution in [0, 0.1) is 0 Å². The first-order chi connectivity index (χ1) is 8.64. The lowest BCUT2D eigenvalue weighted by atomic mass is 9.78. The number of benzene rings is 2. The Morgan fingerprint density at radius 3 is 2.22 bits per heavy atom. The molecule has 0 unspecified atom stereocenters. The van der Waals surface area contributed by atoms with Crippen molar-refractivity contribution in [3.05, 3.63) is 65.7 Å². The summed E-state index contributed by atoms with van der Waals surface area (Å²) < 4.78 is 0. The minimum atomic E-state index is -0.143. The number of rotatable bonds is 4. The quantitative estimate of drug-likeness (QED) is 0.656.